The quantitative estimate of drug-likeness (QED) is 0.550. The van der Waals surface area contributed by atoms with Crippen LogP contribution in [0.5, 0.6) is 0 Å². The van der Waals surface area contributed by atoms with Gasteiger partial charge in [0.15, 0.2) is 0 Å². The number of nitrogens with two attached hydrogens (primary N) is 1. The lowest BCUT2D eigenvalue weighted by atomic mass is 10.1. The number of hydrazine groups is 1. The Kier molecular flexibility index (Phi) is 3.72. The van der Waals surface area contributed by atoms with Crippen molar-refractivity contribution in [3.8, 4) is 0 Å². The van der Waals surface area contributed by atoms with Crippen LogP contribution in [0, 0.1) is 0 Å². The third-order valence-corrected chi connectivity index (χ3v) is 3.71. The van der Waals surface area contributed by atoms with E-state index in [1.807, 2.05) is 34.6 Å². The molecule has 21 heavy (non-hydrogen) atoms. The smallest absolute Gasteiger partial charge is 0.0947 e. The fourth-order valence-corrected chi connectivity index (χ4v) is 2.64. The largest absolute Gasteiger partial charge is 0.340 e. The van der Waals surface area contributed by atoms with E-state index in [1.165, 1.54) is 5.39 Å². The van der Waals surface area contributed by atoms with E-state index in [9.17, 15) is 0 Å². The van der Waals surface area contributed by atoms with Crippen LogP contribution in [0.15, 0.2) is 36.8 Å². The SMILES string of the molecule is CCn1nc(CC(NN)c2cn(C)cn2)c2ccccc21. The Hall–Kier alpha value is -2.18. The van der Waals surface area contributed by atoms with Gasteiger partial charge in [-0.05, 0) is 13.0 Å². The third kappa shape index (κ3) is 2.55. The highest BCUT2D eigenvalue weighted by atomic mass is 15.3. The Balaban J connectivity index is 1.97. The number of imidazole rings is 1. The first-order chi connectivity index (χ1) is 10.2. The molecule has 3 rings (SSSR count). The molecule has 0 aliphatic heterocycles. The van der Waals surface area contributed by atoms with Crippen molar-refractivity contribution >= 4 is 10.9 Å². The minimum absolute atomic E-state index is 0.0465. The number of aromatic nitrogens is 4. The standard InChI is InChI=1S/C15H20N6/c1-3-21-15-7-5-4-6-11(15)12(19-21)8-13(18-16)14-9-20(2)10-17-14/h4-7,9-10,13,18H,3,8,16H2,1-2H3. The number of rotatable bonds is 5. The molecule has 0 saturated heterocycles. The zero-order chi connectivity index (χ0) is 14.8. The zero-order valence-corrected chi connectivity index (χ0v) is 12.3. The Morgan fingerprint density at radius 3 is 2.81 bits per heavy atom. The molecule has 6 heteroatoms. The van der Waals surface area contributed by atoms with Crippen LogP contribution in [0.25, 0.3) is 10.9 Å². The molecule has 2 heterocycles. The van der Waals surface area contributed by atoms with E-state index in [-0.39, 0.29) is 6.04 Å². The van der Waals surface area contributed by atoms with E-state index < -0.39 is 0 Å². The van der Waals surface area contributed by atoms with Crippen LogP contribution in [0.4, 0.5) is 0 Å². The Morgan fingerprint density at radius 2 is 2.14 bits per heavy atom. The second kappa shape index (κ2) is 5.67. The van der Waals surface area contributed by atoms with Crippen LogP contribution < -0.4 is 11.3 Å². The average molecular weight is 284 g/mol. The molecule has 0 amide bonds. The maximum atomic E-state index is 5.71. The number of hydrogen-bond acceptors (Lipinski definition) is 4. The van der Waals surface area contributed by atoms with Gasteiger partial charge in [-0.1, -0.05) is 18.2 Å². The first-order valence-corrected chi connectivity index (χ1v) is 7.11. The van der Waals surface area contributed by atoms with Gasteiger partial charge in [0.25, 0.3) is 0 Å². The summed E-state index contributed by atoms with van der Waals surface area (Å²) < 4.78 is 3.94. The molecule has 3 aromatic rings. The molecule has 1 atom stereocenters. The van der Waals surface area contributed by atoms with Gasteiger partial charge in [-0.25, -0.2) is 4.98 Å². The summed E-state index contributed by atoms with van der Waals surface area (Å²) in [5.41, 5.74) is 5.97. The van der Waals surface area contributed by atoms with Crippen LogP contribution in [0.3, 0.4) is 0 Å². The van der Waals surface area contributed by atoms with Crippen LogP contribution in [-0.2, 0) is 20.0 Å². The molecule has 0 bridgehead atoms. The normalized spacial score (nSPS) is 12.9. The molecule has 0 fully saturated rings. The maximum absolute atomic E-state index is 5.71. The van der Waals surface area contributed by atoms with E-state index >= 15 is 0 Å². The Morgan fingerprint density at radius 1 is 1.33 bits per heavy atom. The van der Waals surface area contributed by atoms with Crippen LogP contribution >= 0.6 is 0 Å². The summed E-state index contributed by atoms with van der Waals surface area (Å²) in [6.45, 7) is 2.95. The predicted octanol–water partition coefficient (Wildman–Crippen LogP) is 1.54. The second-order valence-electron chi connectivity index (χ2n) is 5.17. The second-order valence-corrected chi connectivity index (χ2v) is 5.17. The fourth-order valence-electron chi connectivity index (χ4n) is 2.64. The van der Waals surface area contributed by atoms with Gasteiger partial charge < -0.3 is 4.57 Å². The van der Waals surface area contributed by atoms with Gasteiger partial charge in [-0.3, -0.25) is 16.0 Å². The van der Waals surface area contributed by atoms with E-state index in [2.05, 4.69) is 29.5 Å². The molecule has 0 spiro atoms. The molecule has 2 aromatic heterocycles. The van der Waals surface area contributed by atoms with Crippen LogP contribution in [-0.4, -0.2) is 19.3 Å². The van der Waals surface area contributed by atoms with Crippen LogP contribution in [0.1, 0.15) is 24.4 Å². The van der Waals surface area contributed by atoms with Crippen molar-refractivity contribution in [2.24, 2.45) is 12.9 Å². The van der Waals surface area contributed by atoms with E-state index in [1.54, 1.807) is 6.33 Å². The van der Waals surface area contributed by atoms with Crippen molar-refractivity contribution in [2.45, 2.75) is 25.9 Å². The minimum atomic E-state index is -0.0465. The number of nitrogens with zero attached hydrogens (tertiary/aromatic N) is 4. The molecule has 0 saturated carbocycles. The number of nitrogens with one attached hydrogen (secondary N) is 1. The van der Waals surface area contributed by atoms with E-state index in [0.29, 0.717) is 6.42 Å². The molecule has 0 aliphatic carbocycles. The third-order valence-electron chi connectivity index (χ3n) is 3.71. The highest BCUT2D eigenvalue weighted by molar-refractivity contribution is 5.82. The monoisotopic (exact) mass is 284 g/mol. The molecule has 6 nitrogen and oxygen atoms in total. The number of fused-ring (bicyclic) bond motifs is 1. The average Bonchev–Trinajstić information content (AvgIpc) is 3.09. The number of aryl methyl sites for hydroxylation is 2. The lowest BCUT2D eigenvalue weighted by Gasteiger charge is -2.12. The van der Waals surface area contributed by atoms with E-state index in [4.69, 9.17) is 10.9 Å². The lowest BCUT2D eigenvalue weighted by Crippen LogP contribution is -2.30. The van der Waals surface area contributed by atoms with Crippen molar-refractivity contribution in [3.63, 3.8) is 0 Å². The summed E-state index contributed by atoms with van der Waals surface area (Å²) in [4.78, 5) is 4.38. The summed E-state index contributed by atoms with van der Waals surface area (Å²) in [5, 5.41) is 5.89. The number of benzene rings is 1. The molecule has 3 N–H and O–H groups in total. The number of hydrogen-bond donors (Lipinski definition) is 2. The highest BCUT2D eigenvalue weighted by Crippen LogP contribution is 2.23. The zero-order valence-electron chi connectivity index (χ0n) is 12.3. The summed E-state index contributed by atoms with van der Waals surface area (Å²) in [7, 11) is 1.95. The predicted molar refractivity (Wildman–Crippen MR) is 82.4 cm³/mol. The Bertz CT molecular complexity index is 742. The van der Waals surface area contributed by atoms with Gasteiger partial charge in [-0.15, -0.1) is 0 Å². The summed E-state index contributed by atoms with van der Waals surface area (Å²) in [5.74, 6) is 5.71. The molecular formula is C15H20N6. The van der Waals surface area contributed by atoms with Gasteiger partial charge in [0, 0.05) is 31.6 Å². The van der Waals surface area contributed by atoms with Gasteiger partial charge in [0.05, 0.1) is 29.3 Å². The summed E-state index contributed by atoms with van der Waals surface area (Å²) in [6.07, 6.45) is 4.47. The molecule has 1 unspecified atom stereocenters. The van der Waals surface area contributed by atoms with Crippen LogP contribution in [0.2, 0.25) is 0 Å². The molecule has 1 aromatic carbocycles. The van der Waals surface area contributed by atoms with Gasteiger partial charge in [-0.2, -0.15) is 5.10 Å². The molecule has 0 aliphatic rings. The summed E-state index contributed by atoms with van der Waals surface area (Å²) in [6, 6.07) is 8.24. The van der Waals surface area contributed by atoms with E-state index in [0.717, 1.165) is 23.4 Å². The van der Waals surface area contributed by atoms with Crippen molar-refractivity contribution in [2.75, 3.05) is 0 Å². The van der Waals surface area contributed by atoms with Crippen molar-refractivity contribution in [1.29, 1.82) is 0 Å². The maximum Gasteiger partial charge on any atom is 0.0947 e. The van der Waals surface area contributed by atoms with Gasteiger partial charge in [0.2, 0.25) is 0 Å². The van der Waals surface area contributed by atoms with Crippen molar-refractivity contribution < 1.29 is 0 Å². The van der Waals surface area contributed by atoms with Gasteiger partial charge >= 0.3 is 0 Å². The lowest BCUT2D eigenvalue weighted by molar-refractivity contribution is 0.529. The highest BCUT2D eigenvalue weighted by Gasteiger charge is 2.17. The first kappa shape index (κ1) is 13.8. The number of para-hydroxylation sites is 1. The topological polar surface area (TPSA) is 73.7 Å². The molecular weight excluding hydrogens is 264 g/mol. The molecule has 0 radical (unpaired) electrons. The summed E-state index contributed by atoms with van der Waals surface area (Å²) >= 11 is 0. The Labute approximate surface area is 123 Å². The molecule has 110 valence electrons. The van der Waals surface area contributed by atoms with Gasteiger partial charge in [0.1, 0.15) is 0 Å². The minimum Gasteiger partial charge on any atom is -0.340 e. The first-order valence-electron chi connectivity index (χ1n) is 7.11. The fraction of sp³-hybridized carbons (Fsp3) is 0.333. The van der Waals surface area contributed by atoms with Crippen molar-refractivity contribution in [3.05, 3.63) is 48.2 Å². The van der Waals surface area contributed by atoms with Crippen molar-refractivity contribution in [1.82, 2.24) is 24.8 Å².